The number of primary amides is 2. The SMILES string of the molecule is CC[C@H](C)[C@@H](C(=O)N1CCC[C@]1(C(N)=O)c1nc([C@@H]2CC[C@@H](c3csc([C@@]4(C(N)=O)CCCN4C(=O)[C@H]([C@@H](C)CC)N(C)C(=O)O)n3)N2c2ccc(C(C)(C)C)cc2)cs1)N(C)C(=O)O. The third-order valence-electron chi connectivity index (χ3n) is 14.3. The van der Waals surface area contributed by atoms with Crippen LogP contribution in [0.1, 0.15) is 139 Å². The molecule has 8 atom stereocenters. The topological polar surface area (TPSA) is 237 Å². The summed E-state index contributed by atoms with van der Waals surface area (Å²) < 4.78 is 0. The molecule has 3 aromatic rings. The average Bonchev–Trinajstić information content (AvgIpc) is 4.11. The van der Waals surface area contributed by atoms with Gasteiger partial charge in [-0.1, -0.05) is 73.4 Å². The smallest absolute Gasteiger partial charge is 0.407 e. The normalized spacial score (nSPS) is 24.1. The van der Waals surface area contributed by atoms with E-state index in [1.165, 1.54) is 46.6 Å². The van der Waals surface area contributed by atoms with Crippen molar-refractivity contribution in [3.63, 3.8) is 0 Å². The van der Waals surface area contributed by atoms with Crippen molar-refractivity contribution >= 4 is 64.2 Å². The number of hydrogen-bond donors (Lipinski definition) is 4. The Morgan fingerprint density at radius 2 is 1.12 bits per heavy atom. The number of carboxylic acid groups (broad SMARTS) is 2. The second kappa shape index (κ2) is 18.9. The lowest BCUT2D eigenvalue weighted by Gasteiger charge is -2.39. The maximum atomic E-state index is 14.4. The van der Waals surface area contributed by atoms with Gasteiger partial charge in [-0.3, -0.25) is 29.0 Å². The van der Waals surface area contributed by atoms with E-state index in [0.717, 1.165) is 21.1 Å². The van der Waals surface area contributed by atoms with Crippen LogP contribution in [0.3, 0.4) is 0 Å². The summed E-state index contributed by atoms with van der Waals surface area (Å²) in [4.78, 5) is 98.1. The fraction of sp³-hybridized carbons (Fsp3) is 0.609. The predicted molar refractivity (Wildman–Crippen MR) is 248 cm³/mol. The van der Waals surface area contributed by atoms with Gasteiger partial charge < -0.3 is 36.4 Å². The molecule has 0 spiro atoms. The summed E-state index contributed by atoms with van der Waals surface area (Å²) in [6.45, 7) is 14.3. The van der Waals surface area contributed by atoms with Gasteiger partial charge >= 0.3 is 12.2 Å². The van der Waals surface area contributed by atoms with Gasteiger partial charge in [0.05, 0.1) is 23.5 Å². The lowest BCUT2D eigenvalue weighted by Crippen LogP contribution is -2.59. The van der Waals surface area contributed by atoms with E-state index in [2.05, 4.69) is 49.9 Å². The highest BCUT2D eigenvalue weighted by atomic mass is 32.1. The molecule has 0 radical (unpaired) electrons. The highest BCUT2D eigenvalue weighted by Gasteiger charge is 2.56. The second-order valence-electron chi connectivity index (χ2n) is 19.1. The number of hydrogen-bond acceptors (Lipinski definition) is 11. The summed E-state index contributed by atoms with van der Waals surface area (Å²) in [6.07, 6.45) is 1.24. The molecular weight excluding hydrogens is 871 g/mol. The lowest BCUT2D eigenvalue weighted by molar-refractivity contribution is -0.149. The van der Waals surface area contributed by atoms with Crippen LogP contribution >= 0.6 is 22.7 Å². The zero-order chi connectivity index (χ0) is 47.9. The molecule has 354 valence electrons. The Bertz CT molecular complexity index is 2150. The van der Waals surface area contributed by atoms with Gasteiger partial charge in [-0.2, -0.15) is 0 Å². The number of rotatable bonds is 15. The van der Waals surface area contributed by atoms with E-state index >= 15 is 0 Å². The van der Waals surface area contributed by atoms with Crippen LogP contribution in [0.2, 0.25) is 0 Å². The van der Waals surface area contributed by atoms with E-state index in [1.807, 2.05) is 38.5 Å². The Balaban J connectivity index is 1.41. The van der Waals surface area contributed by atoms with Crippen LogP contribution in [0.4, 0.5) is 15.3 Å². The van der Waals surface area contributed by atoms with Crippen molar-refractivity contribution in [1.29, 1.82) is 0 Å². The zero-order valence-electron chi connectivity index (χ0n) is 38.9. The summed E-state index contributed by atoms with van der Waals surface area (Å²) in [5.41, 5.74) is 12.6. The van der Waals surface area contributed by atoms with E-state index in [0.29, 0.717) is 59.9 Å². The maximum absolute atomic E-state index is 14.4. The number of carbonyl (C=O) groups is 6. The third-order valence-corrected chi connectivity index (χ3v) is 16.3. The summed E-state index contributed by atoms with van der Waals surface area (Å²) in [5, 5.41) is 24.4. The molecule has 3 fully saturated rings. The molecule has 6 N–H and O–H groups in total. The number of carbonyl (C=O) groups excluding carboxylic acids is 4. The molecule has 65 heavy (non-hydrogen) atoms. The Morgan fingerprint density at radius 3 is 1.45 bits per heavy atom. The number of thiazole rings is 2. The van der Waals surface area contributed by atoms with E-state index in [-0.39, 0.29) is 55.3 Å². The van der Waals surface area contributed by atoms with Crippen molar-refractivity contribution in [3.05, 3.63) is 62.0 Å². The van der Waals surface area contributed by atoms with E-state index in [4.69, 9.17) is 21.4 Å². The van der Waals surface area contributed by atoms with Crippen LogP contribution in [0, 0.1) is 11.8 Å². The summed E-state index contributed by atoms with van der Waals surface area (Å²) >= 11 is 2.51. The van der Waals surface area contributed by atoms with Crippen molar-refractivity contribution in [2.45, 2.75) is 140 Å². The van der Waals surface area contributed by atoms with Gasteiger partial charge in [0.2, 0.25) is 11.8 Å². The first-order chi connectivity index (χ1) is 30.6. The van der Waals surface area contributed by atoms with Crippen LogP contribution in [-0.2, 0) is 35.7 Å². The molecule has 0 unspecified atom stereocenters. The van der Waals surface area contributed by atoms with Gasteiger partial charge in [0.1, 0.15) is 22.1 Å². The fourth-order valence-corrected chi connectivity index (χ4v) is 12.3. The minimum Gasteiger partial charge on any atom is -0.465 e. The van der Waals surface area contributed by atoms with Gasteiger partial charge in [-0.25, -0.2) is 19.6 Å². The molecule has 0 bridgehead atoms. The van der Waals surface area contributed by atoms with Gasteiger partial charge in [0, 0.05) is 43.6 Å². The molecule has 1 aromatic carbocycles. The van der Waals surface area contributed by atoms with Crippen molar-refractivity contribution in [2.24, 2.45) is 23.3 Å². The highest BCUT2D eigenvalue weighted by molar-refractivity contribution is 7.10. The summed E-state index contributed by atoms with van der Waals surface area (Å²) in [5.74, 6) is -3.11. The van der Waals surface area contributed by atoms with Gasteiger partial charge in [0.15, 0.2) is 11.1 Å². The minimum atomic E-state index is -1.58. The van der Waals surface area contributed by atoms with Gasteiger partial charge in [-0.15, -0.1) is 22.7 Å². The van der Waals surface area contributed by atoms with E-state index in [1.54, 1.807) is 0 Å². The molecule has 3 saturated heterocycles. The molecule has 6 amide bonds. The number of amides is 6. The zero-order valence-corrected chi connectivity index (χ0v) is 40.6. The number of aromatic nitrogens is 2. The van der Waals surface area contributed by atoms with Gasteiger partial charge in [-0.05, 0) is 73.5 Å². The number of anilines is 1. The molecule has 19 heteroatoms. The molecule has 0 aliphatic carbocycles. The van der Waals surface area contributed by atoms with Crippen molar-refractivity contribution < 1.29 is 39.0 Å². The monoisotopic (exact) mass is 935 g/mol. The number of benzene rings is 1. The molecule has 3 aliphatic heterocycles. The Kier molecular flexibility index (Phi) is 14.3. The largest absolute Gasteiger partial charge is 0.465 e. The number of nitrogens with two attached hydrogens (primary N) is 2. The molecular formula is C46H65N9O8S2. The van der Waals surface area contributed by atoms with E-state index in [9.17, 15) is 39.0 Å². The number of likely N-dealkylation sites (tertiary alicyclic amines) is 2. The molecule has 5 heterocycles. The first-order valence-electron chi connectivity index (χ1n) is 22.5. The first kappa shape index (κ1) is 49.1. The average molecular weight is 936 g/mol. The molecule has 3 aliphatic rings. The molecule has 6 rings (SSSR count). The minimum absolute atomic E-state index is 0.113. The number of likely N-dealkylation sites (N-methyl/N-ethyl adjacent to an activating group) is 2. The van der Waals surface area contributed by atoms with E-state index < -0.39 is 59.0 Å². The Hall–Kier alpha value is -5.30. The molecule has 0 saturated carbocycles. The van der Waals surface area contributed by atoms with Crippen LogP contribution in [-0.4, -0.2) is 115 Å². The van der Waals surface area contributed by atoms with Crippen LogP contribution in [0.25, 0.3) is 0 Å². The molecule has 17 nitrogen and oxygen atoms in total. The van der Waals surface area contributed by atoms with Crippen LogP contribution < -0.4 is 16.4 Å². The van der Waals surface area contributed by atoms with Gasteiger partial charge in [0.25, 0.3) is 11.8 Å². The summed E-state index contributed by atoms with van der Waals surface area (Å²) in [6, 6.07) is 5.61. The molecule has 2 aromatic heterocycles. The third kappa shape index (κ3) is 8.65. The quantitative estimate of drug-likeness (QED) is 0.126. The summed E-state index contributed by atoms with van der Waals surface area (Å²) in [7, 11) is 2.74. The van der Waals surface area contributed by atoms with Crippen molar-refractivity contribution in [1.82, 2.24) is 29.6 Å². The maximum Gasteiger partial charge on any atom is 0.407 e. The number of nitrogens with zero attached hydrogens (tertiary/aromatic N) is 7. The van der Waals surface area contributed by atoms with Crippen LogP contribution in [0.5, 0.6) is 0 Å². The van der Waals surface area contributed by atoms with Crippen molar-refractivity contribution in [2.75, 3.05) is 32.1 Å². The fourth-order valence-electron chi connectivity index (χ4n) is 10.1. The van der Waals surface area contributed by atoms with Crippen molar-refractivity contribution in [3.8, 4) is 0 Å². The highest BCUT2D eigenvalue weighted by Crippen LogP contribution is 2.50. The Labute approximate surface area is 389 Å². The predicted octanol–water partition coefficient (Wildman–Crippen LogP) is 6.63. The van der Waals surface area contributed by atoms with Crippen LogP contribution in [0.15, 0.2) is 35.0 Å². The Morgan fingerprint density at radius 1 is 0.738 bits per heavy atom. The lowest BCUT2D eigenvalue weighted by atomic mass is 9.87. The second-order valence-corrected chi connectivity index (χ2v) is 20.8. The first-order valence-corrected chi connectivity index (χ1v) is 24.3. The standard InChI is InChI=1S/C46H65N9O8S2/c1-10-26(3)34(51(8)42(60)61)36(56)53-22-12-20-45(53,38(47)58)40-49-30(24-64-40)32-18-19-33(55(32)29-16-14-28(15-17-29)44(5,6)7)31-25-65-41(50-31)46(39(48)59)21-13-23-54(46)37(57)35(27(4)11-2)52(9)43(62)63/h14-17,24-27,32-35H,10-13,18-23H2,1-9H3,(H2,47,58)(H2,48,59)(H,60,61)(H,62,63)/t26-,27-,32-,33-,34-,35-,45-,46-/m0/s1.